The van der Waals surface area contributed by atoms with Gasteiger partial charge in [-0.15, -0.1) is 0 Å². The topological polar surface area (TPSA) is 58.2 Å². The predicted molar refractivity (Wildman–Crippen MR) is 77.5 cm³/mol. The SMILES string of the molecule is CC(Cc1ccc(F)cc1)NS(=O)(=O)CC1CCCN1. The Hall–Kier alpha value is -0.980. The maximum absolute atomic E-state index is 12.8. The van der Waals surface area contributed by atoms with E-state index in [-0.39, 0.29) is 23.7 Å². The van der Waals surface area contributed by atoms with Gasteiger partial charge >= 0.3 is 0 Å². The summed E-state index contributed by atoms with van der Waals surface area (Å²) in [6.07, 6.45) is 2.50. The molecule has 6 heteroatoms. The summed E-state index contributed by atoms with van der Waals surface area (Å²) >= 11 is 0. The van der Waals surface area contributed by atoms with Crippen LogP contribution in [0.4, 0.5) is 4.39 Å². The minimum Gasteiger partial charge on any atom is -0.313 e. The summed E-state index contributed by atoms with van der Waals surface area (Å²) in [5, 5.41) is 3.18. The molecule has 1 fully saturated rings. The monoisotopic (exact) mass is 300 g/mol. The highest BCUT2D eigenvalue weighted by molar-refractivity contribution is 7.89. The number of halogens is 1. The zero-order valence-electron chi connectivity index (χ0n) is 11.6. The zero-order chi connectivity index (χ0) is 14.6. The van der Waals surface area contributed by atoms with Crippen molar-refractivity contribution in [3.05, 3.63) is 35.6 Å². The van der Waals surface area contributed by atoms with Gasteiger partial charge in [0.2, 0.25) is 10.0 Å². The van der Waals surface area contributed by atoms with Crippen molar-refractivity contribution in [2.45, 2.75) is 38.3 Å². The van der Waals surface area contributed by atoms with Crippen LogP contribution in [0, 0.1) is 5.82 Å². The van der Waals surface area contributed by atoms with Crippen LogP contribution < -0.4 is 10.0 Å². The molecular formula is C14H21FN2O2S. The first-order chi connectivity index (χ1) is 9.44. The van der Waals surface area contributed by atoms with Gasteiger partial charge in [-0.1, -0.05) is 12.1 Å². The van der Waals surface area contributed by atoms with Crippen LogP contribution in [-0.4, -0.2) is 32.8 Å². The van der Waals surface area contributed by atoms with Gasteiger partial charge in [0.25, 0.3) is 0 Å². The molecule has 0 spiro atoms. The first-order valence-electron chi connectivity index (χ1n) is 6.92. The van der Waals surface area contributed by atoms with Crippen molar-refractivity contribution >= 4 is 10.0 Å². The van der Waals surface area contributed by atoms with E-state index in [1.807, 2.05) is 6.92 Å². The molecule has 1 saturated heterocycles. The van der Waals surface area contributed by atoms with Crippen molar-refractivity contribution in [3.8, 4) is 0 Å². The first kappa shape index (κ1) is 15.4. The van der Waals surface area contributed by atoms with Gasteiger partial charge < -0.3 is 5.32 Å². The molecule has 2 unspecified atom stereocenters. The third kappa shape index (κ3) is 4.85. The van der Waals surface area contributed by atoms with Gasteiger partial charge in [0.1, 0.15) is 5.82 Å². The molecule has 20 heavy (non-hydrogen) atoms. The number of nitrogens with one attached hydrogen (secondary N) is 2. The molecule has 1 aliphatic heterocycles. The Kier molecular flexibility index (Phi) is 5.12. The second kappa shape index (κ2) is 6.65. The Morgan fingerprint density at radius 1 is 1.40 bits per heavy atom. The Balaban J connectivity index is 1.86. The summed E-state index contributed by atoms with van der Waals surface area (Å²) in [4.78, 5) is 0. The molecule has 112 valence electrons. The third-order valence-corrected chi connectivity index (χ3v) is 5.02. The highest BCUT2D eigenvalue weighted by Gasteiger charge is 2.23. The van der Waals surface area contributed by atoms with Crippen LogP contribution in [0.15, 0.2) is 24.3 Å². The van der Waals surface area contributed by atoms with E-state index >= 15 is 0 Å². The quantitative estimate of drug-likeness (QED) is 0.835. The molecule has 1 aromatic carbocycles. The fourth-order valence-electron chi connectivity index (χ4n) is 2.53. The van der Waals surface area contributed by atoms with E-state index in [0.29, 0.717) is 6.42 Å². The minimum absolute atomic E-state index is 0.0607. The molecule has 1 aromatic rings. The molecule has 4 nitrogen and oxygen atoms in total. The lowest BCUT2D eigenvalue weighted by molar-refractivity contribution is 0.545. The average Bonchev–Trinajstić information content (AvgIpc) is 2.83. The van der Waals surface area contributed by atoms with E-state index in [9.17, 15) is 12.8 Å². The summed E-state index contributed by atoms with van der Waals surface area (Å²) in [6.45, 7) is 2.72. The van der Waals surface area contributed by atoms with Crippen molar-refractivity contribution < 1.29 is 12.8 Å². The highest BCUT2D eigenvalue weighted by Crippen LogP contribution is 2.09. The number of hydrogen-bond donors (Lipinski definition) is 2. The van der Waals surface area contributed by atoms with E-state index < -0.39 is 10.0 Å². The van der Waals surface area contributed by atoms with Crippen molar-refractivity contribution in [1.29, 1.82) is 0 Å². The number of benzene rings is 1. The Morgan fingerprint density at radius 2 is 2.10 bits per heavy atom. The molecule has 1 aliphatic rings. The molecule has 1 heterocycles. The third-order valence-electron chi connectivity index (χ3n) is 3.42. The van der Waals surface area contributed by atoms with Crippen LogP contribution in [0.5, 0.6) is 0 Å². The van der Waals surface area contributed by atoms with Crippen LogP contribution in [0.1, 0.15) is 25.3 Å². The molecule has 0 aromatic heterocycles. The van der Waals surface area contributed by atoms with Gasteiger partial charge in [0.05, 0.1) is 5.75 Å². The van der Waals surface area contributed by atoms with Crippen LogP contribution >= 0.6 is 0 Å². The zero-order valence-corrected chi connectivity index (χ0v) is 12.4. The molecule has 0 radical (unpaired) electrons. The number of sulfonamides is 1. The van der Waals surface area contributed by atoms with E-state index in [4.69, 9.17) is 0 Å². The van der Waals surface area contributed by atoms with Crippen molar-refractivity contribution in [1.82, 2.24) is 10.0 Å². The molecule has 0 amide bonds. The van der Waals surface area contributed by atoms with Gasteiger partial charge in [-0.05, 0) is 50.4 Å². The van der Waals surface area contributed by atoms with E-state index in [0.717, 1.165) is 24.9 Å². The standard InChI is InChI=1S/C14H21FN2O2S/c1-11(9-12-4-6-13(15)7-5-12)17-20(18,19)10-14-3-2-8-16-14/h4-7,11,14,16-17H,2-3,8-10H2,1H3. The number of rotatable bonds is 6. The van der Waals surface area contributed by atoms with Crippen LogP contribution in [-0.2, 0) is 16.4 Å². The van der Waals surface area contributed by atoms with Crippen LogP contribution in [0.3, 0.4) is 0 Å². The summed E-state index contributed by atoms with van der Waals surface area (Å²) < 4.78 is 39.5. The van der Waals surface area contributed by atoms with Gasteiger partial charge in [-0.2, -0.15) is 0 Å². The second-order valence-electron chi connectivity index (χ2n) is 5.42. The van der Waals surface area contributed by atoms with E-state index in [1.54, 1.807) is 12.1 Å². The maximum Gasteiger partial charge on any atom is 0.213 e. The molecule has 2 atom stereocenters. The fourth-order valence-corrected chi connectivity index (χ4v) is 4.14. The van der Waals surface area contributed by atoms with Gasteiger partial charge in [-0.3, -0.25) is 0 Å². The van der Waals surface area contributed by atoms with Gasteiger partial charge in [0, 0.05) is 12.1 Å². The first-order valence-corrected chi connectivity index (χ1v) is 8.58. The predicted octanol–water partition coefficient (Wildman–Crippen LogP) is 1.43. The molecule has 0 aliphatic carbocycles. The average molecular weight is 300 g/mol. The van der Waals surface area contributed by atoms with E-state index in [1.165, 1.54) is 12.1 Å². The van der Waals surface area contributed by atoms with Crippen molar-refractivity contribution in [2.24, 2.45) is 0 Å². The van der Waals surface area contributed by atoms with Crippen LogP contribution in [0.2, 0.25) is 0 Å². The molecule has 0 bridgehead atoms. The van der Waals surface area contributed by atoms with Gasteiger partial charge in [0.15, 0.2) is 0 Å². The molecule has 2 rings (SSSR count). The van der Waals surface area contributed by atoms with Crippen LogP contribution in [0.25, 0.3) is 0 Å². The Labute approximate surface area is 119 Å². The largest absolute Gasteiger partial charge is 0.313 e. The molecule has 0 saturated carbocycles. The molecular weight excluding hydrogens is 279 g/mol. The fraction of sp³-hybridized carbons (Fsp3) is 0.571. The lowest BCUT2D eigenvalue weighted by Crippen LogP contribution is -2.41. The lowest BCUT2D eigenvalue weighted by atomic mass is 10.1. The van der Waals surface area contributed by atoms with Crippen molar-refractivity contribution in [3.63, 3.8) is 0 Å². The minimum atomic E-state index is -3.28. The summed E-state index contributed by atoms with van der Waals surface area (Å²) in [7, 11) is -3.28. The maximum atomic E-state index is 12.8. The lowest BCUT2D eigenvalue weighted by Gasteiger charge is -2.16. The smallest absolute Gasteiger partial charge is 0.213 e. The number of hydrogen-bond acceptors (Lipinski definition) is 3. The highest BCUT2D eigenvalue weighted by atomic mass is 32.2. The summed E-state index contributed by atoms with van der Waals surface area (Å²) in [5.41, 5.74) is 0.917. The van der Waals surface area contributed by atoms with E-state index in [2.05, 4.69) is 10.0 Å². The van der Waals surface area contributed by atoms with Crippen molar-refractivity contribution in [2.75, 3.05) is 12.3 Å². The summed E-state index contributed by atoms with van der Waals surface area (Å²) in [6, 6.07) is 5.99. The summed E-state index contributed by atoms with van der Waals surface area (Å²) in [5.74, 6) is -0.157. The normalized spacial score (nSPS) is 21.0. The second-order valence-corrected chi connectivity index (χ2v) is 7.22. The Morgan fingerprint density at radius 3 is 2.70 bits per heavy atom. The molecule has 2 N–H and O–H groups in total. The Bertz CT molecular complexity index is 525. The van der Waals surface area contributed by atoms with Gasteiger partial charge in [-0.25, -0.2) is 17.5 Å².